The molecule has 1 aliphatic carbocycles. The number of benzene rings is 2. The van der Waals surface area contributed by atoms with E-state index in [4.69, 9.17) is 0 Å². The number of hydrogen-bond acceptors (Lipinski definition) is 1. The van der Waals surface area contributed by atoms with Gasteiger partial charge in [0.25, 0.3) is 0 Å². The Balaban J connectivity index is 2.09. The van der Waals surface area contributed by atoms with Gasteiger partial charge in [0, 0.05) is 5.56 Å². The van der Waals surface area contributed by atoms with Crippen LogP contribution < -0.4 is 0 Å². The summed E-state index contributed by atoms with van der Waals surface area (Å²) in [6, 6.07) is 2.16. The Morgan fingerprint density at radius 3 is 2.07 bits per heavy atom. The van der Waals surface area contributed by atoms with Crippen LogP contribution in [0.5, 0.6) is 0 Å². The number of carbonyl (C=O) groups is 1. The van der Waals surface area contributed by atoms with Gasteiger partial charge in [-0.3, -0.25) is 0 Å². The molecule has 2 aromatic rings. The minimum Gasteiger partial charge on any atom is -0.477 e. The molecule has 162 valence electrons. The van der Waals surface area contributed by atoms with Crippen LogP contribution in [0.4, 0.5) is 22.0 Å². The Hall–Kier alpha value is -2.44. The number of carboxylic acids is 1. The van der Waals surface area contributed by atoms with Gasteiger partial charge in [-0.2, -0.15) is 0 Å². The first-order chi connectivity index (χ1) is 14.2. The van der Waals surface area contributed by atoms with E-state index in [-0.39, 0.29) is 22.6 Å². The molecule has 0 amide bonds. The van der Waals surface area contributed by atoms with Crippen molar-refractivity contribution in [2.75, 3.05) is 0 Å². The van der Waals surface area contributed by atoms with Crippen LogP contribution in [0.25, 0.3) is 11.1 Å². The maximum Gasteiger partial charge on any atom is 0.341 e. The lowest BCUT2D eigenvalue weighted by Crippen LogP contribution is -2.16. The van der Waals surface area contributed by atoms with Crippen molar-refractivity contribution in [1.29, 1.82) is 0 Å². The molecule has 1 N–H and O–H groups in total. The van der Waals surface area contributed by atoms with E-state index in [9.17, 15) is 27.5 Å². The molecule has 0 saturated heterocycles. The van der Waals surface area contributed by atoms with Gasteiger partial charge in [-0.05, 0) is 66.8 Å². The molecule has 30 heavy (non-hydrogen) atoms. The Morgan fingerprint density at radius 2 is 1.53 bits per heavy atom. The molecule has 0 atom stereocenters. The third-order valence-electron chi connectivity index (χ3n) is 5.99. The number of aromatic carboxylic acids is 1. The molecule has 1 saturated carbocycles. The molecule has 1 fully saturated rings. The highest BCUT2D eigenvalue weighted by atomic mass is 19.2. The average Bonchev–Trinajstić information content (AvgIpc) is 2.69. The standard InChI is InChI=1S/C23H23F5O2/c1-2-3-4-12-5-7-13(8-6-12)15-11-16(24)20(23(29)30)22(28)19(15)14-9-17(25)21(27)18(26)10-14/h9-13H,2-8H2,1H3,(H,29,30). The summed E-state index contributed by atoms with van der Waals surface area (Å²) in [5, 5.41) is 9.20. The number of unbranched alkanes of at least 4 members (excludes halogenated alkanes) is 1. The lowest BCUT2D eigenvalue weighted by Gasteiger charge is -2.30. The fourth-order valence-corrected chi connectivity index (χ4v) is 4.40. The minimum atomic E-state index is -1.83. The normalized spacial score (nSPS) is 19.1. The van der Waals surface area contributed by atoms with Crippen molar-refractivity contribution in [3.8, 4) is 11.1 Å². The molecular formula is C23H23F5O2. The van der Waals surface area contributed by atoms with Crippen molar-refractivity contribution < 1.29 is 31.9 Å². The second-order valence-corrected chi connectivity index (χ2v) is 7.93. The summed E-state index contributed by atoms with van der Waals surface area (Å²) in [5.41, 5.74) is -1.78. The van der Waals surface area contributed by atoms with Crippen LogP contribution in [0.3, 0.4) is 0 Å². The number of hydrogen-bond donors (Lipinski definition) is 1. The maximum absolute atomic E-state index is 15.1. The summed E-state index contributed by atoms with van der Waals surface area (Å²) < 4.78 is 70.6. The summed E-state index contributed by atoms with van der Waals surface area (Å²) in [5.74, 6) is -9.02. The average molecular weight is 426 g/mol. The van der Waals surface area contributed by atoms with Gasteiger partial charge in [0.1, 0.15) is 17.2 Å². The number of rotatable bonds is 6. The monoisotopic (exact) mass is 426 g/mol. The van der Waals surface area contributed by atoms with Gasteiger partial charge < -0.3 is 5.11 Å². The maximum atomic E-state index is 15.1. The van der Waals surface area contributed by atoms with Crippen molar-refractivity contribution in [2.24, 2.45) is 5.92 Å². The molecule has 3 rings (SSSR count). The first kappa shape index (κ1) is 22.2. The van der Waals surface area contributed by atoms with E-state index in [0.717, 1.165) is 38.2 Å². The molecule has 2 aromatic carbocycles. The smallest absolute Gasteiger partial charge is 0.341 e. The van der Waals surface area contributed by atoms with E-state index in [1.165, 1.54) is 0 Å². The Kier molecular flexibility index (Phi) is 6.78. The molecule has 7 heteroatoms. The summed E-state index contributed by atoms with van der Waals surface area (Å²) in [4.78, 5) is 11.4. The molecule has 0 aromatic heterocycles. The van der Waals surface area contributed by atoms with Crippen LogP contribution in [-0.4, -0.2) is 11.1 Å². The molecule has 0 bridgehead atoms. The fraction of sp³-hybridized carbons (Fsp3) is 0.435. The van der Waals surface area contributed by atoms with Crippen molar-refractivity contribution in [3.05, 3.63) is 58.4 Å². The van der Waals surface area contributed by atoms with Gasteiger partial charge in [0.05, 0.1) is 0 Å². The van der Waals surface area contributed by atoms with Gasteiger partial charge in [-0.15, -0.1) is 0 Å². The second-order valence-electron chi connectivity index (χ2n) is 7.93. The van der Waals surface area contributed by atoms with Crippen LogP contribution in [0.15, 0.2) is 18.2 Å². The predicted molar refractivity (Wildman–Crippen MR) is 103 cm³/mol. The lowest BCUT2D eigenvalue weighted by atomic mass is 9.75. The number of carboxylic acid groups (broad SMARTS) is 1. The van der Waals surface area contributed by atoms with Crippen LogP contribution in [-0.2, 0) is 0 Å². The molecule has 2 nitrogen and oxygen atoms in total. The first-order valence-corrected chi connectivity index (χ1v) is 10.1. The van der Waals surface area contributed by atoms with Crippen molar-refractivity contribution in [2.45, 2.75) is 57.8 Å². The summed E-state index contributed by atoms with van der Waals surface area (Å²) in [6.07, 6.45) is 6.20. The third-order valence-corrected chi connectivity index (χ3v) is 5.99. The third kappa shape index (κ3) is 4.35. The molecular weight excluding hydrogens is 403 g/mol. The van der Waals surface area contributed by atoms with Gasteiger partial charge in [0.15, 0.2) is 17.5 Å². The summed E-state index contributed by atoms with van der Waals surface area (Å²) >= 11 is 0. The van der Waals surface area contributed by atoms with E-state index in [0.29, 0.717) is 30.9 Å². The predicted octanol–water partition coefficient (Wildman–Crippen LogP) is 7.21. The van der Waals surface area contributed by atoms with Gasteiger partial charge in [0.2, 0.25) is 0 Å². The molecule has 0 spiro atoms. The topological polar surface area (TPSA) is 37.3 Å². The van der Waals surface area contributed by atoms with E-state index in [1.54, 1.807) is 0 Å². The molecule has 0 unspecified atom stereocenters. The molecule has 0 aliphatic heterocycles. The van der Waals surface area contributed by atoms with Crippen LogP contribution in [0, 0.1) is 35.0 Å². The van der Waals surface area contributed by atoms with Crippen LogP contribution in [0.1, 0.15) is 73.7 Å². The van der Waals surface area contributed by atoms with E-state index >= 15 is 4.39 Å². The van der Waals surface area contributed by atoms with Crippen molar-refractivity contribution in [1.82, 2.24) is 0 Å². The molecule has 1 aliphatic rings. The van der Waals surface area contributed by atoms with E-state index < -0.39 is 40.6 Å². The van der Waals surface area contributed by atoms with Gasteiger partial charge in [-0.25, -0.2) is 26.7 Å². The number of halogens is 5. The summed E-state index contributed by atoms with van der Waals surface area (Å²) in [6.45, 7) is 2.11. The zero-order chi connectivity index (χ0) is 22.0. The molecule has 0 heterocycles. The fourth-order valence-electron chi connectivity index (χ4n) is 4.40. The highest BCUT2D eigenvalue weighted by molar-refractivity contribution is 5.91. The SMILES string of the molecule is CCCCC1CCC(c2cc(F)c(C(=O)O)c(F)c2-c2cc(F)c(F)c(F)c2)CC1. The lowest BCUT2D eigenvalue weighted by molar-refractivity contribution is 0.0686. The zero-order valence-electron chi connectivity index (χ0n) is 16.6. The quantitative estimate of drug-likeness (QED) is 0.391. The van der Waals surface area contributed by atoms with Gasteiger partial charge in [-0.1, -0.05) is 26.2 Å². The van der Waals surface area contributed by atoms with Crippen molar-refractivity contribution >= 4 is 5.97 Å². The zero-order valence-corrected chi connectivity index (χ0v) is 16.6. The molecule has 0 radical (unpaired) electrons. The Labute approximate surface area is 171 Å². The van der Waals surface area contributed by atoms with Crippen LogP contribution in [0.2, 0.25) is 0 Å². The highest BCUT2D eigenvalue weighted by Gasteiger charge is 2.31. The minimum absolute atomic E-state index is 0.161. The van der Waals surface area contributed by atoms with E-state index in [1.807, 2.05) is 0 Å². The van der Waals surface area contributed by atoms with E-state index in [2.05, 4.69) is 6.92 Å². The second kappa shape index (κ2) is 9.14. The summed E-state index contributed by atoms with van der Waals surface area (Å²) in [7, 11) is 0. The Bertz CT molecular complexity index is 926. The largest absolute Gasteiger partial charge is 0.477 e. The van der Waals surface area contributed by atoms with Gasteiger partial charge >= 0.3 is 5.97 Å². The van der Waals surface area contributed by atoms with Crippen molar-refractivity contribution in [3.63, 3.8) is 0 Å². The van der Waals surface area contributed by atoms with Crippen LogP contribution >= 0.6 is 0 Å². The first-order valence-electron chi connectivity index (χ1n) is 10.1. The Morgan fingerprint density at radius 1 is 0.933 bits per heavy atom. The highest BCUT2D eigenvalue weighted by Crippen LogP contribution is 2.43.